The number of thiazole rings is 1. The van der Waals surface area contributed by atoms with Gasteiger partial charge in [-0.25, -0.2) is 4.98 Å². The Hall–Kier alpha value is -0.910. The summed E-state index contributed by atoms with van der Waals surface area (Å²) in [6.45, 7) is 5.27. The Morgan fingerprint density at radius 2 is 2.26 bits per heavy atom. The van der Waals surface area contributed by atoms with Crippen LogP contribution in [0.2, 0.25) is 0 Å². The molecule has 2 aromatic heterocycles. The van der Waals surface area contributed by atoms with Crippen molar-refractivity contribution in [2.75, 3.05) is 11.9 Å². The van der Waals surface area contributed by atoms with Gasteiger partial charge in [0.2, 0.25) is 0 Å². The summed E-state index contributed by atoms with van der Waals surface area (Å²) in [5.74, 6) is 0.404. The first kappa shape index (κ1) is 14.5. The Bertz CT molecular complexity index is 508. The number of hydrogen-bond donors (Lipinski definition) is 1. The maximum absolute atomic E-state index is 9.47. The Kier molecular flexibility index (Phi) is 4.96. The predicted molar refractivity (Wildman–Crippen MR) is 83.2 cm³/mol. The van der Waals surface area contributed by atoms with Crippen molar-refractivity contribution in [3.8, 4) is 0 Å². The first-order chi connectivity index (χ1) is 9.15. The fourth-order valence-electron chi connectivity index (χ4n) is 1.93. The second kappa shape index (κ2) is 6.50. The van der Waals surface area contributed by atoms with Gasteiger partial charge in [0.1, 0.15) is 0 Å². The quantitative estimate of drug-likeness (QED) is 0.879. The zero-order valence-corrected chi connectivity index (χ0v) is 13.2. The molecule has 0 saturated carbocycles. The molecule has 1 N–H and O–H groups in total. The number of aliphatic hydroxyl groups excluding tert-OH is 1. The largest absolute Gasteiger partial charge is 0.391 e. The third-order valence-electron chi connectivity index (χ3n) is 3.27. The van der Waals surface area contributed by atoms with E-state index < -0.39 is 0 Å². The lowest BCUT2D eigenvalue weighted by Gasteiger charge is -2.14. The molecule has 0 fully saturated rings. The van der Waals surface area contributed by atoms with Crippen molar-refractivity contribution in [1.82, 2.24) is 4.98 Å². The number of thiophene rings is 1. The van der Waals surface area contributed by atoms with Crippen LogP contribution in [0.4, 0.5) is 5.13 Å². The standard InChI is InChI=1S/C14H20N2OS2/c1-4-10(2)13-12(8-17)19-14(15-13)16(3)7-11-5-6-18-9-11/h5-6,9-10,17H,4,7-8H2,1-3H3. The molecule has 2 rings (SSSR count). The molecule has 0 aliphatic rings. The summed E-state index contributed by atoms with van der Waals surface area (Å²) in [4.78, 5) is 7.87. The first-order valence-electron chi connectivity index (χ1n) is 6.48. The van der Waals surface area contributed by atoms with Crippen molar-refractivity contribution in [3.63, 3.8) is 0 Å². The van der Waals surface area contributed by atoms with Gasteiger partial charge in [0.15, 0.2) is 5.13 Å². The average molecular weight is 296 g/mol. The third kappa shape index (κ3) is 3.35. The molecule has 0 spiro atoms. The molecule has 2 heterocycles. The molecule has 3 nitrogen and oxygen atoms in total. The van der Waals surface area contributed by atoms with Crippen molar-refractivity contribution in [2.24, 2.45) is 0 Å². The number of aromatic nitrogens is 1. The normalized spacial score (nSPS) is 12.6. The Balaban J connectivity index is 2.18. The highest BCUT2D eigenvalue weighted by Gasteiger charge is 2.17. The summed E-state index contributed by atoms with van der Waals surface area (Å²) in [6, 6.07) is 2.14. The van der Waals surface area contributed by atoms with E-state index in [9.17, 15) is 5.11 Å². The van der Waals surface area contributed by atoms with Crippen LogP contribution in [0, 0.1) is 0 Å². The monoisotopic (exact) mass is 296 g/mol. The van der Waals surface area contributed by atoms with E-state index in [4.69, 9.17) is 4.98 Å². The van der Waals surface area contributed by atoms with Gasteiger partial charge >= 0.3 is 0 Å². The van der Waals surface area contributed by atoms with Crippen LogP contribution < -0.4 is 4.90 Å². The zero-order chi connectivity index (χ0) is 13.8. The van der Waals surface area contributed by atoms with E-state index in [0.717, 1.165) is 28.7 Å². The first-order valence-corrected chi connectivity index (χ1v) is 8.24. The van der Waals surface area contributed by atoms with Crippen LogP contribution in [0.5, 0.6) is 0 Å². The molecule has 0 aliphatic heterocycles. The van der Waals surface area contributed by atoms with Gasteiger partial charge in [0.05, 0.1) is 17.2 Å². The van der Waals surface area contributed by atoms with Gasteiger partial charge in [-0.3, -0.25) is 0 Å². The Morgan fingerprint density at radius 3 is 2.84 bits per heavy atom. The van der Waals surface area contributed by atoms with Crippen LogP contribution in [0.25, 0.3) is 0 Å². The molecule has 104 valence electrons. The molecule has 0 bridgehead atoms. The second-order valence-corrected chi connectivity index (χ2v) is 6.60. The minimum Gasteiger partial charge on any atom is -0.391 e. The molecule has 19 heavy (non-hydrogen) atoms. The van der Waals surface area contributed by atoms with E-state index in [2.05, 4.69) is 42.6 Å². The molecule has 0 aromatic carbocycles. The highest BCUT2D eigenvalue weighted by atomic mass is 32.1. The number of nitrogens with zero attached hydrogens (tertiary/aromatic N) is 2. The molecule has 0 amide bonds. The summed E-state index contributed by atoms with van der Waals surface area (Å²) in [6.07, 6.45) is 1.05. The van der Waals surface area contributed by atoms with E-state index >= 15 is 0 Å². The summed E-state index contributed by atoms with van der Waals surface area (Å²) in [5.41, 5.74) is 2.36. The summed E-state index contributed by atoms with van der Waals surface area (Å²) in [7, 11) is 2.05. The summed E-state index contributed by atoms with van der Waals surface area (Å²) < 4.78 is 0. The highest BCUT2D eigenvalue weighted by Crippen LogP contribution is 2.32. The molecular formula is C14H20N2OS2. The van der Waals surface area contributed by atoms with Gasteiger partial charge in [-0.2, -0.15) is 11.3 Å². The predicted octanol–water partition coefficient (Wildman–Crippen LogP) is 3.85. The van der Waals surface area contributed by atoms with Crippen molar-refractivity contribution < 1.29 is 5.11 Å². The fourth-order valence-corrected chi connectivity index (χ4v) is 3.59. The highest BCUT2D eigenvalue weighted by molar-refractivity contribution is 7.15. The van der Waals surface area contributed by atoms with Crippen molar-refractivity contribution in [2.45, 2.75) is 39.3 Å². The number of aliphatic hydroxyl groups is 1. The lowest BCUT2D eigenvalue weighted by atomic mass is 10.0. The van der Waals surface area contributed by atoms with Gasteiger partial charge in [0, 0.05) is 13.6 Å². The van der Waals surface area contributed by atoms with Gasteiger partial charge in [-0.05, 0) is 34.7 Å². The summed E-state index contributed by atoms with van der Waals surface area (Å²) in [5, 5.41) is 14.7. The van der Waals surface area contributed by atoms with Crippen molar-refractivity contribution in [1.29, 1.82) is 0 Å². The van der Waals surface area contributed by atoms with Crippen LogP contribution in [0.1, 0.15) is 42.3 Å². The topological polar surface area (TPSA) is 36.4 Å². The Labute approximate surface area is 122 Å². The van der Waals surface area contributed by atoms with Crippen LogP contribution >= 0.6 is 22.7 Å². The van der Waals surface area contributed by atoms with E-state index in [-0.39, 0.29) is 6.61 Å². The molecular weight excluding hydrogens is 276 g/mol. The van der Waals surface area contributed by atoms with Gasteiger partial charge < -0.3 is 10.0 Å². The Morgan fingerprint density at radius 1 is 1.47 bits per heavy atom. The average Bonchev–Trinajstić information content (AvgIpc) is 3.06. The number of anilines is 1. The molecule has 0 radical (unpaired) electrons. The van der Waals surface area contributed by atoms with Crippen molar-refractivity contribution in [3.05, 3.63) is 33.0 Å². The van der Waals surface area contributed by atoms with E-state index in [1.165, 1.54) is 5.56 Å². The van der Waals surface area contributed by atoms with E-state index in [1.807, 2.05) is 0 Å². The molecule has 0 saturated heterocycles. The lowest BCUT2D eigenvalue weighted by molar-refractivity contribution is 0.283. The van der Waals surface area contributed by atoms with E-state index in [1.54, 1.807) is 22.7 Å². The SMILES string of the molecule is CCC(C)c1nc(N(C)Cc2ccsc2)sc1CO. The molecule has 2 aromatic rings. The van der Waals surface area contributed by atoms with Gasteiger partial charge in [-0.15, -0.1) is 0 Å². The number of rotatable bonds is 6. The maximum atomic E-state index is 9.47. The van der Waals surface area contributed by atoms with Crippen LogP contribution in [0.15, 0.2) is 16.8 Å². The fraction of sp³-hybridized carbons (Fsp3) is 0.500. The molecule has 1 atom stereocenters. The van der Waals surface area contributed by atoms with Crippen LogP contribution in [-0.2, 0) is 13.2 Å². The molecule has 5 heteroatoms. The number of hydrogen-bond acceptors (Lipinski definition) is 5. The maximum Gasteiger partial charge on any atom is 0.185 e. The minimum absolute atomic E-state index is 0.0869. The minimum atomic E-state index is 0.0869. The molecule has 1 unspecified atom stereocenters. The van der Waals surface area contributed by atoms with Crippen molar-refractivity contribution >= 4 is 27.8 Å². The third-order valence-corrected chi connectivity index (χ3v) is 5.17. The summed E-state index contributed by atoms with van der Waals surface area (Å²) >= 11 is 3.32. The van der Waals surface area contributed by atoms with E-state index in [0.29, 0.717) is 5.92 Å². The van der Waals surface area contributed by atoms with Gasteiger partial charge in [0.25, 0.3) is 0 Å². The van der Waals surface area contributed by atoms with Gasteiger partial charge in [-0.1, -0.05) is 25.2 Å². The smallest absolute Gasteiger partial charge is 0.185 e. The van der Waals surface area contributed by atoms with Crippen LogP contribution in [0.3, 0.4) is 0 Å². The van der Waals surface area contributed by atoms with Crippen LogP contribution in [-0.4, -0.2) is 17.1 Å². The second-order valence-electron chi connectivity index (χ2n) is 4.76. The zero-order valence-electron chi connectivity index (χ0n) is 11.6. The lowest BCUT2D eigenvalue weighted by Crippen LogP contribution is -2.15. The molecule has 0 aliphatic carbocycles.